The first-order valence-corrected chi connectivity index (χ1v) is 4.78. The molecule has 1 saturated heterocycles. The molecule has 2 atom stereocenters. The van der Waals surface area contributed by atoms with Crippen molar-refractivity contribution in [2.45, 2.75) is 25.8 Å². The largest absolute Gasteiger partial charge is 0.381 e. The monoisotopic (exact) mass is 186 g/mol. The van der Waals surface area contributed by atoms with Crippen LogP contribution in [0, 0.1) is 5.92 Å². The number of hydrogen-bond donors (Lipinski definition) is 2. The standard InChI is InChI=1S/C9H18N2O2/c1-7(11-9(12)10-2)5-8-3-4-13-6-8/h7-8H,3-6H2,1-2H3,(H2,10,11,12). The van der Waals surface area contributed by atoms with Crippen LogP contribution in [0.1, 0.15) is 19.8 Å². The molecule has 1 aliphatic rings. The van der Waals surface area contributed by atoms with Crippen molar-refractivity contribution in [2.24, 2.45) is 5.92 Å². The summed E-state index contributed by atoms with van der Waals surface area (Å²) in [6.07, 6.45) is 2.13. The molecule has 2 N–H and O–H groups in total. The van der Waals surface area contributed by atoms with Crippen LogP contribution in [0.15, 0.2) is 0 Å². The molecule has 0 radical (unpaired) electrons. The van der Waals surface area contributed by atoms with Gasteiger partial charge in [-0.15, -0.1) is 0 Å². The smallest absolute Gasteiger partial charge is 0.314 e. The molecule has 0 aromatic heterocycles. The number of carbonyl (C=O) groups is 1. The van der Waals surface area contributed by atoms with E-state index in [-0.39, 0.29) is 12.1 Å². The van der Waals surface area contributed by atoms with Gasteiger partial charge in [0.2, 0.25) is 0 Å². The van der Waals surface area contributed by atoms with Gasteiger partial charge in [-0.3, -0.25) is 0 Å². The zero-order chi connectivity index (χ0) is 9.68. The second-order valence-corrected chi connectivity index (χ2v) is 3.59. The zero-order valence-corrected chi connectivity index (χ0v) is 8.30. The second kappa shape index (κ2) is 5.07. The number of hydrogen-bond acceptors (Lipinski definition) is 2. The summed E-state index contributed by atoms with van der Waals surface area (Å²) in [5.41, 5.74) is 0. The van der Waals surface area contributed by atoms with Gasteiger partial charge in [-0.1, -0.05) is 0 Å². The molecule has 2 amide bonds. The fourth-order valence-electron chi connectivity index (χ4n) is 1.62. The number of urea groups is 1. The van der Waals surface area contributed by atoms with Gasteiger partial charge in [0.05, 0.1) is 0 Å². The molecule has 0 bridgehead atoms. The van der Waals surface area contributed by atoms with Gasteiger partial charge >= 0.3 is 6.03 Å². The molecule has 4 nitrogen and oxygen atoms in total. The lowest BCUT2D eigenvalue weighted by Crippen LogP contribution is -2.39. The summed E-state index contributed by atoms with van der Waals surface area (Å²) < 4.78 is 5.26. The fraction of sp³-hybridized carbons (Fsp3) is 0.889. The van der Waals surface area contributed by atoms with Crippen LogP contribution >= 0.6 is 0 Å². The van der Waals surface area contributed by atoms with Crippen molar-refractivity contribution in [3.8, 4) is 0 Å². The molecule has 13 heavy (non-hydrogen) atoms. The molecule has 0 aromatic carbocycles. The van der Waals surface area contributed by atoms with Crippen molar-refractivity contribution < 1.29 is 9.53 Å². The molecule has 0 aromatic rings. The maximum absolute atomic E-state index is 10.9. The minimum atomic E-state index is -0.105. The minimum Gasteiger partial charge on any atom is -0.381 e. The van der Waals surface area contributed by atoms with Crippen LogP contribution < -0.4 is 10.6 Å². The number of ether oxygens (including phenoxy) is 1. The highest BCUT2D eigenvalue weighted by Gasteiger charge is 2.18. The van der Waals surface area contributed by atoms with Crippen molar-refractivity contribution in [1.29, 1.82) is 0 Å². The first kappa shape index (κ1) is 10.3. The lowest BCUT2D eigenvalue weighted by atomic mass is 10.0. The van der Waals surface area contributed by atoms with Gasteiger partial charge in [0.1, 0.15) is 0 Å². The summed E-state index contributed by atoms with van der Waals surface area (Å²) in [7, 11) is 1.63. The van der Waals surface area contributed by atoms with Gasteiger partial charge in [-0.25, -0.2) is 4.79 Å². The van der Waals surface area contributed by atoms with E-state index in [2.05, 4.69) is 10.6 Å². The summed E-state index contributed by atoms with van der Waals surface area (Å²) >= 11 is 0. The average Bonchev–Trinajstić information content (AvgIpc) is 2.56. The van der Waals surface area contributed by atoms with Crippen LogP contribution in [0.4, 0.5) is 4.79 Å². The average molecular weight is 186 g/mol. The SMILES string of the molecule is CNC(=O)NC(C)CC1CCOC1. The molecule has 0 aliphatic carbocycles. The molecule has 1 heterocycles. The minimum absolute atomic E-state index is 0.105. The molecule has 2 unspecified atom stereocenters. The molecular formula is C9H18N2O2. The molecule has 1 fully saturated rings. The van der Waals surface area contributed by atoms with Crippen molar-refractivity contribution >= 4 is 6.03 Å². The van der Waals surface area contributed by atoms with Crippen LogP contribution in [0.3, 0.4) is 0 Å². The Hall–Kier alpha value is -0.770. The highest BCUT2D eigenvalue weighted by atomic mass is 16.5. The quantitative estimate of drug-likeness (QED) is 0.682. The third-order valence-electron chi connectivity index (χ3n) is 2.32. The molecule has 1 rings (SSSR count). The van der Waals surface area contributed by atoms with Crippen LogP contribution in [0.25, 0.3) is 0 Å². The molecule has 0 saturated carbocycles. The van der Waals surface area contributed by atoms with Crippen molar-refractivity contribution in [2.75, 3.05) is 20.3 Å². The fourth-order valence-corrected chi connectivity index (χ4v) is 1.62. The molecule has 1 aliphatic heterocycles. The summed E-state index contributed by atoms with van der Waals surface area (Å²) in [5.74, 6) is 0.618. The van der Waals surface area contributed by atoms with Crippen LogP contribution in [-0.4, -0.2) is 32.3 Å². The highest BCUT2D eigenvalue weighted by molar-refractivity contribution is 5.73. The number of carbonyl (C=O) groups excluding carboxylic acids is 1. The van der Waals surface area contributed by atoms with Gasteiger partial charge in [0.25, 0.3) is 0 Å². The lowest BCUT2D eigenvalue weighted by molar-refractivity contribution is 0.181. The van der Waals surface area contributed by atoms with Crippen LogP contribution in [-0.2, 0) is 4.74 Å². The van der Waals surface area contributed by atoms with E-state index in [1.165, 1.54) is 0 Å². The third kappa shape index (κ3) is 3.63. The molecule has 76 valence electrons. The van der Waals surface area contributed by atoms with Crippen molar-refractivity contribution in [1.82, 2.24) is 10.6 Å². The number of rotatable bonds is 3. The van der Waals surface area contributed by atoms with Crippen molar-refractivity contribution in [3.63, 3.8) is 0 Å². The highest BCUT2D eigenvalue weighted by Crippen LogP contribution is 2.17. The summed E-state index contributed by atoms with van der Waals surface area (Å²) in [6.45, 7) is 3.74. The summed E-state index contributed by atoms with van der Waals surface area (Å²) in [6, 6.07) is 0.123. The predicted octanol–water partition coefficient (Wildman–Crippen LogP) is 0.730. The number of nitrogens with one attached hydrogen (secondary N) is 2. The Labute approximate surface area is 79.0 Å². The first-order valence-electron chi connectivity index (χ1n) is 4.78. The summed E-state index contributed by atoms with van der Waals surface area (Å²) in [5, 5.41) is 5.39. The summed E-state index contributed by atoms with van der Waals surface area (Å²) in [4.78, 5) is 10.9. The van der Waals surface area contributed by atoms with E-state index < -0.39 is 0 Å². The van der Waals surface area contributed by atoms with Crippen molar-refractivity contribution in [3.05, 3.63) is 0 Å². The zero-order valence-electron chi connectivity index (χ0n) is 8.30. The first-order chi connectivity index (χ1) is 6.22. The van der Waals surface area contributed by atoms with Gasteiger partial charge in [-0.05, 0) is 25.7 Å². The van der Waals surface area contributed by atoms with E-state index in [0.717, 1.165) is 26.1 Å². The Morgan fingerprint density at radius 2 is 2.46 bits per heavy atom. The van der Waals surface area contributed by atoms with E-state index in [1.807, 2.05) is 6.92 Å². The Balaban J connectivity index is 2.16. The van der Waals surface area contributed by atoms with E-state index in [0.29, 0.717) is 5.92 Å². The third-order valence-corrected chi connectivity index (χ3v) is 2.32. The van der Waals surface area contributed by atoms with Crippen LogP contribution in [0.5, 0.6) is 0 Å². The van der Waals surface area contributed by atoms with E-state index in [9.17, 15) is 4.79 Å². The van der Waals surface area contributed by atoms with E-state index in [4.69, 9.17) is 4.74 Å². The van der Waals surface area contributed by atoms with E-state index >= 15 is 0 Å². The Bertz CT molecular complexity index is 167. The predicted molar refractivity (Wildman–Crippen MR) is 50.6 cm³/mol. The lowest BCUT2D eigenvalue weighted by Gasteiger charge is -2.16. The van der Waals surface area contributed by atoms with Gasteiger partial charge < -0.3 is 15.4 Å². The maximum atomic E-state index is 10.9. The molecule has 0 spiro atoms. The Morgan fingerprint density at radius 3 is 3.00 bits per heavy atom. The maximum Gasteiger partial charge on any atom is 0.314 e. The Morgan fingerprint density at radius 1 is 1.69 bits per heavy atom. The van der Waals surface area contributed by atoms with E-state index in [1.54, 1.807) is 7.05 Å². The van der Waals surface area contributed by atoms with Gasteiger partial charge in [0, 0.05) is 26.3 Å². The topological polar surface area (TPSA) is 50.4 Å². The second-order valence-electron chi connectivity index (χ2n) is 3.59. The Kier molecular flexibility index (Phi) is 4.02. The van der Waals surface area contributed by atoms with Gasteiger partial charge in [0.15, 0.2) is 0 Å². The van der Waals surface area contributed by atoms with Crippen LogP contribution in [0.2, 0.25) is 0 Å². The molecular weight excluding hydrogens is 168 g/mol. The van der Waals surface area contributed by atoms with Gasteiger partial charge in [-0.2, -0.15) is 0 Å². The molecule has 4 heteroatoms. The normalized spacial score (nSPS) is 24.0. The number of amides is 2.